The van der Waals surface area contributed by atoms with Gasteiger partial charge in [-0.2, -0.15) is 0 Å². The summed E-state index contributed by atoms with van der Waals surface area (Å²) in [4.78, 5) is 12.8. The summed E-state index contributed by atoms with van der Waals surface area (Å²) in [6.07, 6.45) is 0. The average Bonchev–Trinajstić information content (AvgIpc) is 2.04. The molecule has 0 spiro atoms. The Kier molecular flexibility index (Phi) is 2.41. The topological polar surface area (TPSA) is 47.5 Å². The zero-order valence-electron chi connectivity index (χ0n) is 5.82. The minimum atomic E-state index is -0.571. The number of hydrogen-bond acceptors (Lipinski definition) is 2. The van der Waals surface area contributed by atoms with Crippen LogP contribution in [0.15, 0.2) is 22.7 Å². The summed E-state index contributed by atoms with van der Waals surface area (Å²) in [5.41, 5.74) is -0.109. The van der Waals surface area contributed by atoms with Crippen LogP contribution in [-0.2, 0) is 0 Å². The van der Waals surface area contributed by atoms with E-state index in [1.165, 1.54) is 12.1 Å². The molecule has 60 valence electrons. The van der Waals surface area contributed by atoms with Crippen LogP contribution in [0.25, 0.3) is 4.85 Å². The van der Waals surface area contributed by atoms with E-state index in [0.717, 1.165) is 0 Å². The monoisotopic (exact) mass is 226 g/mol. The number of hydrogen-bond donors (Lipinski definition) is 0. The van der Waals surface area contributed by atoms with Gasteiger partial charge in [-0.25, -0.2) is 4.85 Å². The summed E-state index contributed by atoms with van der Waals surface area (Å²) in [5, 5.41) is 10.4. The third kappa shape index (κ3) is 1.60. The molecular weight excluding hydrogens is 224 g/mol. The Morgan fingerprint density at radius 1 is 1.58 bits per heavy atom. The fraction of sp³-hybridized carbons (Fsp3) is 0. The summed E-state index contributed by atoms with van der Waals surface area (Å²) >= 11 is 3.09. The van der Waals surface area contributed by atoms with E-state index in [9.17, 15) is 10.1 Å². The summed E-state index contributed by atoms with van der Waals surface area (Å²) in [5.74, 6) is 0. The molecule has 12 heavy (non-hydrogen) atoms. The standard InChI is InChI=1S/C7H3BrN2O2/c1-9-6-3-2-5(8)4-7(6)10(11)12/h2-4H. The minimum absolute atomic E-state index is 0.0585. The second-order valence-corrected chi connectivity index (χ2v) is 2.92. The summed E-state index contributed by atoms with van der Waals surface area (Å²) in [6, 6.07) is 4.32. The van der Waals surface area contributed by atoms with Gasteiger partial charge < -0.3 is 0 Å². The molecule has 1 aromatic carbocycles. The molecule has 0 amide bonds. The van der Waals surface area contributed by atoms with E-state index in [-0.39, 0.29) is 11.4 Å². The van der Waals surface area contributed by atoms with Crippen LogP contribution in [0.4, 0.5) is 11.4 Å². The Hall–Kier alpha value is -1.41. The van der Waals surface area contributed by atoms with Crippen molar-refractivity contribution in [1.82, 2.24) is 0 Å². The molecule has 0 heterocycles. The van der Waals surface area contributed by atoms with Crippen molar-refractivity contribution < 1.29 is 4.92 Å². The van der Waals surface area contributed by atoms with Gasteiger partial charge in [-0.15, -0.1) is 0 Å². The first-order chi connectivity index (χ1) is 5.65. The highest BCUT2D eigenvalue weighted by molar-refractivity contribution is 9.10. The molecule has 5 heteroatoms. The molecule has 0 aromatic heterocycles. The summed E-state index contributed by atoms with van der Waals surface area (Å²) in [7, 11) is 0. The van der Waals surface area contributed by atoms with Gasteiger partial charge in [0, 0.05) is 10.5 Å². The van der Waals surface area contributed by atoms with Gasteiger partial charge in [0.05, 0.1) is 11.5 Å². The van der Waals surface area contributed by atoms with Crippen molar-refractivity contribution >= 4 is 27.3 Å². The second-order valence-electron chi connectivity index (χ2n) is 2.00. The first kappa shape index (κ1) is 8.68. The molecule has 0 unspecified atom stereocenters. The molecule has 1 rings (SSSR count). The van der Waals surface area contributed by atoms with Crippen LogP contribution in [0.3, 0.4) is 0 Å². The number of nitro groups is 1. The molecule has 0 N–H and O–H groups in total. The van der Waals surface area contributed by atoms with Gasteiger partial charge in [-0.3, -0.25) is 10.1 Å². The van der Waals surface area contributed by atoms with Gasteiger partial charge in [-0.1, -0.05) is 22.0 Å². The van der Waals surface area contributed by atoms with E-state index in [0.29, 0.717) is 4.47 Å². The van der Waals surface area contributed by atoms with Gasteiger partial charge in [0.1, 0.15) is 0 Å². The van der Waals surface area contributed by atoms with Crippen LogP contribution in [-0.4, -0.2) is 4.92 Å². The van der Waals surface area contributed by atoms with E-state index in [1.54, 1.807) is 6.07 Å². The highest BCUT2D eigenvalue weighted by Gasteiger charge is 2.13. The van der Waals surface area contributed by atoms with Crippen molar-refractivity contribution in [2.24, 2.45) is 0 Å². The first-order valence-corrected chi connectivity index (χ1v) is 3.76. The molecule has 0 atom stereocenters. The average molecular weight is 227 g/mol. The first-order valence-electron chi connectivity index (χ1n) is 2.96. The lowest BCUT2D eigenvalue weighted by atomic mass is 10.3. The van der Waals surface area contributed by atoms with Gasteiger partial charge in [0.15, 0.2) is 0 Å². The quantitative estimate of drug-likeness (QED) is 0.420. The molecule has 0 radical (unpaired) electrons. The lowest BCUT2D eigenvalue weighted by Gasteiger charge is -1.94. The minimum Gasteiger partial charge on any atom is -0.260 e. The van der Waals surface area contributed by atoms with E-state index in [4.69, 9.17) is 6.57 Å². The van der Waals surface area contributed by atoms with Crippen molar-refractivity contribution in [3.63, 3.8) is 0 Å². The third-order valence-electron chi connectivity index (χ3n) is 1.25. The molecule has 4 nitrogen and oxygen atoms in total. The van der Waals surface area contributed by atoms with E-state index < -0.39 is 4.92 Å². The zero-order chi connectivity index (χ0) is 9.14. The predicted molar refractivity (Wildman–Crippen MR) is 47.1 cm³/mol. The van der Waals surface area contributed by atoms with Gasteiger partial charge in [0.2, 0.25) is 0 Å². The predicted octanol–water partition coefficient (Wildman–Crippen LogP) is 2.91. The molecule has 0 saturated carbocycles. The Morgan fingerprint density at radius 2 is 2.25 bits per heavy atom. The van der Waals surface area contributed by atoms with Gasteiger partial charge in [-0.05, 0) is 6.07 Å². The van der Waals surface area contributed by atoms with Crippen LogP contribution in [0.5, 0.6) is 0 Å². The van der Waals surface area contributed by atoms with Crippen molar-refractivity contribution in [3.8, 4) is 0 Å². The Morgan fingerprint density at radius 3 is 2.75 bits per heavy atom. The molecule has 0 aliphatic rings. The SMILES string of the molecule is [C-]#[N+]c1ccc(Br)cc1[N+](=O)[O-]. The number of halogens is 1. The maximum atomic E-state index is 10.4. The van der Waals surface area contributed by atoms with Crippen molar-refractivity contribution in [3.05, 3.63) is 44.2 Å². The van der Waals surface area contributed by atoms with Gasteiger partial charge >= 0.3 is 0 Å². The molecule has 0 fully saturated rings. The van der Waals surface area contributed by atoms with Crippen molar-refractivity contribution in [2.75, 3.05) is 0 Å². The van der Waals surface area contributed by atoms with Crippen LogP contribution in [0, 0.1) is 16.7 Å². The maximum absolute atomic E-state index is 10.4. The highest BCUT2D eigenvalue weighted by atomic mass is 79.9. The largest absolute Gasteiger partial charge is 0.280 e. The number of benzene rings is 1. The van der Waals surface area contributed by atoms with Crippen molar-refractivity contribution in [1.29, 1.82) is 0 Å². The molecule has 0 aliphatic carbocycles. The molecule has 1 aromatic rings. The lowest BCUT2D eigenvalue weighted by Crippen LogP contribution is -1.87. The normalized spacial score (nSPS) is 9.00. The van der Waals surface area contributed by atoms with Crippen LogP contribution < -0.4 is 0 Å². The van der Waals surface area contributed by atoms with Gasteiger partial charge in [0.25, 0.3) is 11.4 Å². The number of nitro benzene ring substituents is 1. The molecule has 0 aliphatic heterocycles. The summed E-state index contributed by atoms with van der Waals surface area (Å²) in [6.45, 7) is 6.65. The molecule has 0 saturated heterocycles. The second kappa shape index (κ2) is 3.32. The number of nitrogens with zero attached hydrogens (tertiary/aromatic N) is 2. The van der Waals surface area contributed by atoms with E-state index in [1.807, 2.05) is 0 Å². The zero-order valence-corrected chi connectivity index (χ0v) is 7.41. The Labute approximate surface area is 76.9 Å². The fourth-order valence-corrected chi connectivity index (χ4v) is 1.09. The summed E-state index contributed by atoms with van der Waals surface area (Å²) < 4.78 is 0.599. The number of rotatable bonds is 1. The maximum Gasteiger partial charge on any atom is 0.280 e. The lowest BCUT2D eigenvalue weighted by molar-refractivity contribution is -0.383. The van der Waals surface area contributed by atoms with Crippen LogP contribution in [0.1, 0.15) is 0 Å². The molecule has 0 bridgehead atoms. The third-order valence-corrected chi connectivity index (χ3v) is 1.75. The smallest absolute Gasteiger partial charge is 0.260 e. The fourth-order valence-electron chi connectivity index (χ4n) is 0.737. The molecular formula is C7H3BrN2O2. The Balaban J connectivity index is 3.34. The Bertz CT molecular complexity index is 370. The van der Waals surface area contributed by atoms with Crippen LogP contribution in [0.2, 0.25) is 0 Å². The highest BCUT2D eigenvalue weighted by Crippen LogP contribution is 2.29. The van der Waals surface area contributed by atoms with Crippen molar-refractivity contribution in [2.45, 2.75) is 0 Å². The van der Waals surface area contributed by atoms with Crippen LogP contribution >= 0.6 is 15.9 Å². The van der Waals surface area contributed by atoms with E-state index in [2.05, 4.69) is 20.8 Å². The van der Waals surface area contributed by atoms with E-state index >= 15 is 0 Å².